The molecule has 5 rings (SSSR count). The van der Waals surface area contributed by atoms with E-state index in [1.165, 1.54) is 31.0 Å². The number of halogens is 1. The first-order valence-electron chi connectivity index (χ1n) is 9.20. The molecule has 0 unspecified atom stereocenters. The van der Waals surface area contributed by atoms with Crippen molar-refractivity contribution in [3.05, 3.63) is 94.2 Å². The van der Waals surface area contributed by atoms with Gasteiger partial charge in [-0.05, 0) is 81.2 Å². The smallest absolute Gasteiger partial charge is 0.159 e. The van der Waals surface area contributed by atoms with E-state index in [0.29, 0.717) is 0 Å². The molecule has 0 atom stereocenters. The van der Waals surface area contributed by atoms with Crippen LogP contribution in [0.4, 0.5) is 0 Å². The molecule has 0 saturated carbocycles. The summed E-state index contributed by atoms with van der Waals surface area (Å²) in [6.07, 6.45) is 1.90. The van der Waals surface area contributed by atoms with Gasteiger partial charge in [-0.25, -0.2) is 9.97 Å². The van der Waals surface area contributed by atoms with Crippen molar-refractivity contribution < 1.29 is 0 Å². The lowest BCUT2D eigenvalue weighted by molar-refractivity contribution is 1.23. The van der Waals surface area contributed by atoms with Crippen LogP contribution in [-0.2, 0) is 0 Å². The fourth-order valence-corrected chi connectivity index (χ4v) is 4.36. The Morgan fingerprint density at radius 2 is 1.50 bits per heavy atom. The Hall–Kier alpha value is -2.79. The molecule has 0 saturated heterocycles. The summed E-state index contributed by atoms with van der Waals surface area (Å²) in [7, 11) is 0. The minimum atomic E-state index is 0.759. The topological polar surface area (TPSA) is 25.8 Å². The van der Waals surface area contributed by atoms with Crippen molar-refractivity contribution in [2.45, 2.75) is 6.92 Å². The maximum atomic E-state index is 4.78. The maximum absolute atomic E-state index is 4.78. The molecule has 1 heterocycles. The summed E-state index contributed by atoms with van der Waals surface area (Å²) < 4.78 is 1.17. The second-order valence-electron chi connectivity index (χ2n) is 6.96. The van der Waals surface area contributed by atoms with Crippen molar-refractivity contribution in [1.82, 2.24) is 9.97 Å². The van der Waals surface area contributed by atoms with Gasteiger partial charge in [0.15, 0.2) is 5.82 Å². The molecule has 0 aliphatic heterocycles. The second kappa shape index (κ2) is 6.99. The number of fused-ring (bicyclic) bond motifs is 2. The van der Waals surface area contributed by atoms with Gasteiger partial charge in [0.05, 0.1) is 5.52 Å². The Morgan fingerprint density at radius 3 is 2.39 bits per heavy atom. The van der Waals surface area contributed by atoms with Crippen molar-refractivity contribution in [3.63, 3.8) is 0 Å². The fraction of sp³-hybridized carbons (Fsp3) is 0.0400. The van der Waals surface area contributed by atoms with Crippen LogP contribution >= 0.6 is 22.6 Å². The van der Waals surface area contributed by atoms with Gasteiger partial charge in [0.25, 0.3) is 0 Å². The first-order valence-corrected chi connectivity index (χ1v) is 10.3. The normalized spacial score (nSPS) is 11.2. The van der Waals surface area contributed by atoms with E-state index in [0.717, 1.165) is 22.3 Å². The van der Waals surface area contributed by atoms with Crippen LogP contribution in [0, 0.1) is 10.5 Å². The van der Waals surface area contributed by atoms with Crippen LogP contribution < -0.4 is 0 Å². The lowest BCUT2D eigenvalue weighted by Crippen LogP contribution is -1.92. The molecular formula is C25H17IN2. The highest BCUT2D eigenvalue weighted by atomic mass is 127. The minimum Gasteiger partial charge on any atom is -0.236 e. The van der Waals surface area contributed by atoms with E-state index in [2.05, 4.69) is 89.1 Å². The molecule has 3 heteroatoms. The van der Waals surface area contributed by atoms with Gasteiger partial charge in [0.1, 0.15) is 0 Å². The highest BCUT2D eigenvalue weighted by molar-refractivity contribution is 14.1. The zero-order chi connectivity index (χ0) is 19.1. The Bertz CT molecular complexity index is 1340. The molecule has 0 fully saturated rings. The second-order valence-corrected chi connectivity index (χ2v) is 8.20. The number of aromatic nitrogens is 2. The monoisotopic (exact) mass is 472 g/mol. The quantitative estimate of drug-likeness (QED) is 0.258. The van der Waals surface area contributed by atoms with Gasteiger partial charge < -0.3 is 0 Å². The Kier molecular flexibility index (Phi) is 4.32. The molecule has 4 aromatic carbocycles. The third kappa shape index (κ3) is 3.06. The summed E-state index contributed by atoms with van der Waals surface area (Å²) in [6, 6.07) is 27.7. The van der Waals surface area contributed by atoms with Gasteiger partial charge in [0.2, 0.25) is 0 Å². The van der Waals surface area contributed by atoms with Crippen molar-refractivity contribution in [3.8, 4) is 22.5 Å². The highest BCUT2D eigenvalue weighted by Gasteiger charge is 2.10. The molecule has 0 radical (unpaired) electrons. The van der Waals surface area contributed by atoms with Crippen molar-refractivity contribution in [2.24, 2.45) is 0 Å². The molecule has 0 N–H and O–H groups in total. The molecule has 1 aromatic heterocycles. The molecule has 0 spiro atoms. The van der Waals surface area contributed by atoms with Crippen LogP contribution in [0.5, 0.6) is 0 Å². The Morgan fingerprint density at radius 1 is 0.750 bits per heavy atom. The molecule has 134 valence electrons. The van der Waals surface area contributed by atoms with E-state index < -0.39 is 0 Å². The Labute approximate surface area is 177 Å². The molecular weight excluding hydrogens is 455 g/mol. The third-order valence-corrected chi connectivity index (χ3v) is 5.72. The van der Waals surface area contributed by atoms with Gasteiger partial charge in [-0.15, -0.1) is 0 Å². The SMILES string of the molecule is Cc1ccc(-c2cc(I)cc(-c3ncc4ccccc4n3)c2)c2ccccc12. The zero-order valence-electron chi connectivity index (χ0n) is 15.4. The van der Waals surface area contributed by atoms with Crippen LogP contribution in [0.15, 0.2) is 85.1 Å². The first kappa shape index (κ1) is 17.3. The first-order chi connectivity index (χ1) is 13.7. The van der Waals surface area contributed by atoms with Crippen LogP contribution in [-0.4, -0.2) is 9.97 Å². The molecule has 5 aromatic rings. The molecule has 0 aliphatic rings. The number of hydrogen-bond acceptors (Lipinski definition) is 2. The molecule has 0 aliphatic carbocycles. The van der Waals surface area contributed by atoms with Crippen LogP contribution in [0.3, 0.4) is 0 Å². The third-order valence-electron chi connectivity index (χ3n) is 5.10. The number of benzene rings is 4. The molecule has 2 nitrogen and oxygen atoms in total. The summed E-state index contributed by atoms with van der Waals surface area (Å²) >= 11 is 2.38. The fourth-order valence-electron chi connectivity index (χ4n) is 3.69. The van der Waals surface area contributed by atoms with E-state index in [1.54, 1.807) is 0 Å². The van der Waals surface area contributed by atoms with E-state index in [4.69, 9.17) is 4.98 Å². The molecule has 0 amide bonds. The number of rotatable bonds is 2. The number of hydrogen-bond donors (Lipinski definition) is 0. The minimum absolute atomic E-state index is 0.759. The lowest BCUT2D eigenvalue weighted by atomic mass is 9.94. The molecule has 0 bridgehead atoms. The zero-order valence-corrected chi connectivity index (χ0v) is 17.5. The van der Waals surface area contributed by atoms with E-state index in [9.17, 15) is 0 Å². The highest BCUT2D eigenvalue weighted by Crippen LogP contribution is 2.34. The average Bonchev–Trinajstić information content (AvgIpc) is 2.73. The van der Waals surface area contributed by atoms with Crippen LogP contribution in [0.2, 0.25) is 0 Å². The average molecular weight is 472 g/mol. The summed E-state index contributed by atoms with van der Waals surface area (Å²) in [6.45, 7) is 2.16. The van der Waals surface area contributed by atoms with Gasteiger partial charge in [-0.1, -0.05) is 54.6 Å². The predicted molar refractivity (Wildman–Crippen MR) is 125 cm³/mol. The van der Waals surface area contributed by atoms with Crippen molar-refractivity contribution in [1.29, 1.82) is 0 Å². The van der Waals surface area contributed by atoms with Crippen LogP contribution in [0.1, 0.15) is 5.56 Å². The lowest BCUT2D eigenvalue weighted by Gasteiger charge is -2.11. The van der Waals surface area contributed by atoms with E-state index >= 15 is 0 Å². The van der Waals surface area contributed by atoms with Gasteiger partial charge in [-0.3, -0.25) is 0 Å². The van der Waals surface area contributed by atoms with Crippen LogP contribution in [0.25, 0.3) is 44.2 Å². The van der Waals surface area contributed by atoms with Gasteiger partial charge in [-0.2, -0.15) is 0 Å². The molecule has 28 heavy (non-hydrogen) atoms. The summed E-state index contributed by atoms with van der Waals surface area (Å²) in [5, 5.41) is 3.62. The maximum Gasteiger partial charge on any atom is 0.159 e. The van der Waals surface area contributed by atoms with Crippen molar-refractivity contribution in [2.75, 3.05) is 0 Å². The summed E-state index contributed by atoms with van der Waals surface area (Å²) in [5.41, 5.74) is 5.73. The van der Waals surface area contributed by atoms with E-state index in [1.807, 2.05) is 30.5 Å². The van der Waals surface area contributed by atoms with Gasteiger partial charge in [0, 0.05) is 20.7 Å². The van der Waals surface area contributed by atoms with Crippen molar-refractivity contribution >= 4 is 44.3 Å². The van der Waals surface area contributed by atoms with Gasteiger partial charge >= 0.3 is 0 Å². The number of para-hydroxylation sites is 1. The summed E-state index contributed by atoms with van der Waals surface area (Å²) in [5.74, 6) is 0.759. The predicted octanol–water partition coefficient (Wildman–Crippen LogP) is 7.03. The number of aryl methyl sites for hydroxylation is 1. The standard InChI is InChI=1S/C25H17IN2/c1-16-10-11-22(23-8-4-3-7-21(16)23)18-12-19(14-20(26)13-18)25-27-15-17-6-2-5-9-24(17)28-25/h2-15H,1H3. The number of nitrogens with zero attached hydrogens (tertiary/aromatic N) is 2. The largest absolute Gasteiger partial charge is 0.236 e. The van der Waals surface area contributed by atoms with E-state index in [-0.39, 0.29) is 0 Å². The Balaban J connectivity index is 1.71. The summed E-state index contributed by atoms with van der Waals surface area (Å²) in [4.78, 5) is 9.40.